The van der Waals surface area contributed by atoms with Gasteiger partial charge in [0, 0.05) is 0 Å². The van der Waals surface area contributed by atoms with Crippen LogP contribution in [0.15, 0.2) is 18.1 Å². The van der Waals surface area contributed by atoms with Crippen LogP contribution in [0.5, 0.6) is 0 Å². The Kier molecular flexibility index (Phi) is 17.1. The molecule has 0 saturated heterocycles. The van der Waals surface area contributed by atoms with Gasteiger partial charge in [-0.3, -0.25) is 0 Å². The minimum absolute atomic E-state index is 2.08. The molecule has 22 heteroatoms. The van der Waals surface area contributed by atoms with Crippen LogP contribution in [-0.4, -0.2) is 225 Å². The first-order valence-corrected chi connectivity index (χ1v) is 24.5. The maximum absolute atomic E-state index is 6.09. The van der Waals surface area contributed by atoms with Gasteiger partial charge in [0.1, 0.15) is 0 Å². The van der Waals surface area contributed by atoms with Gasteiger partial charge in [-0.2, -0.15) is 0 Å². The average Bonchev–Trinajstić information content (AvgIpc) is 2.86. The third-order valence-electron chi connectivity index (χ3n) is 7.56. The molecule has 0 bridgehead atoms. The van der Waals surface area contributed by atoms with E-state index in [9.17, 15) is 0 Å². The van der Waals surface area contributed by atoms with E-state index in [0.29, 0.717) is 0 Å². The van der Waals surface area contributed by atoms with E-state index in [1.165, 1.54) is 0 Å². The van der Waals surface area contributed by atoms with Crippen LogP contribution in [0.25, 0.3) is 0 Å². The predicted octanol–water partition coefficient (Wildman–Crippen LogP) is 5.57. The van der Waals surface area contributed by atoms with Gasteiger partial charge in [-0.25, -0.2) is 0 Å². The van der Waals surface area contributed by atoms with Crippen LogP contribution in [0.2, 0.25) is 0 Å². The Balaban J connectivity index is 10.6. The van der Waals surface area contributed by atoms with E-state index in [0.717, 1.165) is 0 Å². The molecule has 0 aliphatic rings. The van der Waals surface area contributed by atoms with Crippen LogP contribution in [0.3, 0.4) is 0 Å². The van der Waals surface area contributed by atoms with Crippen molar-refractivity contribution in [3.63, 3.8) is 0 Å². The molecule has 0 atom stereocenters. The summed E-state index contributed by atoms with van der Waals surface area (Å²) < 4.78 is 50.8. The van der Waals surface area contributed by atoms with Gasteiger partial charge >= 0.3 is 292 Å². The van der Waals surface area contributed by atoms with Crippen LogP contribution in [0, 0.1) is 0 Å². The minimum atomic E-state index is -4.75. The quantitative estimate of drug-likeness (QED) is 0.157. The van der Waals surface area contributed by atoms with E-state index in [-0.39, 0.29) is 0 Å². The second-order valence-electron chi connectivity index (χ2n) is 13.6. The zero-order valence-corrected chi connectivity index (χ0v) is 39.2. The van der Waals surface area contributed by atoms with Crippen molar-refractivity contribution in [1.29, 1.82) is 0 Å². The number of hydrogen-bond donors (Lipinski definition) is 1. The molecule has 46 heavy (non-hydrogen) atoms. The molecule has 0 N–H and O–H groups in total. The van der Waals surface area contributed by atoms with Crippen LogP contribution in [0.1, 0.15) is 0 Å². The molecular weight excluding hydrogens is 699 g/mol. The summed E-state index contributed by atoms with van der Waals surface area (Å²) in [6, 6.07) is 0. The van der Waals surface area contributed by atoms with Crippen molar-refractivity contribution in [2.45, 2.75) is 0 Å². The number of rotatable bonds is 16. The number of nitrogens with zero attached hydrogens (tertiary/aromatic N) is 16. The molecule has 0 aliphatic heterocycles. The monoisotopic (exact) mass is 772 g/mol. The molecule has 0 aromatic heterocycles. The molecular formula is C24H73N16P5S. The molecule has 280 valence electrons. The topological polar surface area (TPSA) is 88.3 Å². The van der Waals surface area contributed by atoms with Gasteiger partial charge in [-0.1, -0.05) is 0 Å². The Morgan fingerprint density at radius 3 is 0.413 bits per heavy atom. The van der Waals surface area contributed by atoms with E-state index >= 15 is 0 Å². The van der Waals surface area contributed by atoms with Gasteiger partial charge in [-0.05, 0) is 0 Å². The fraction of sp³-hybridized carbons (Fsp3) is 1.00. The summed E-state index contributed by atoms with van der Waals surface area (Å²) in [4.78, 5) is 0. The Labute approximate surface area is 291 Å². The van der Waals surface area contributed by atoms with E-state index in [4.69, 9.17) is 30.3 Å². The van der Waals surface area contributed by atoms with Gasteiger partial charge in [-0.15, -0.1) is 0 Å². The summed E-state index contributed by atoms with van der Waals surface area (Å²) in [5, 5.41) is 0. The third kappa shape index (κ3) is 8.63. The predicted molar refractivity (Wildman–Crippen MR) is 218 cm³/mol. The normalized spacial score (nSPS) is 15.7. The van der Waals surface area contributed by atoms with Crippen LogP contribution >= 0.6 is 48.7 Å². The van der Waals surface area contributed by atoms with Crippen molar-refractivity contribution in [3.05, 3.63) is 0 Å². The molecule has 0 saturated carbocycles. The first kappa shape index (κ1) is 47.2. The maximum atomic E-state index is 6.09. The number of thiol groups is 1. The first-order valence-electron chi connectivity index (χ1n) is 14.9. The van der Waals surface area contributed by atoms with Gasteiger partial charge in [0.2, 0.25) is 0 Å². The summed E-state index contributed by atoms with van der Waals surface area (Å²) in [6.45, 7) is 0. The Morgan fingerprint density at radius 2 is 0.348 bits per heavy atom. The third-order valence-corrected chi connectivity index (χ3v) is 32.3. The van der Waals surface area contributed by atoms with E-state index in [1.54, 1.807) is 0 Å². The summed E-state index contributed by atoms with van der Waals surface area (Å²) in [6.07, 6.45) is -4.75. The average molecular weight is 773 g/mol. The molecule has 0 radical (unpaired) electrons. The molecule has 0 spiro atoms. The summed E-state index contributed by atoms with van der Waals surface area (Å²) in [7, 11) is 39.1. The molecule has 0 amide bonds. The molecule has 0 aliphatic carbocycles. The molecule has 0 aromatic carbocycles. The van der Waals surface area contributed by atoms with Gasteiger partial charge in [0.25, 0.3) is 0 Å². The van der Waals surface area contributed by atoms with Crippen molar-refractivity contribution in [1.82, 2.24) is 56.0 Å². The molecule has 0 aromatic rings. The molecule has 0 heterocycles. The molecule has 0 fully saturated rings. The van der Waals surface area contributed by atoms with Crippen molar-refractivity contribution >= 4 is 48.7 Å². The summed E-state index contributed by atoms with van der Waals surface area (Å²) in [5.74, 6) is 0. The van der Waals surface area contributed by atoms with E-state index in [1.807, 2.05) is 0 Å². The Morgan fingerprint density at radius 1 is 0.261 bits per heavy atom. The fourth-order valence-electron chi connectivity index (χ4n) is 6.22. The van der Waals surface area contributed by atoms with Crippen LogP contribution < -0.4 is 0 Å². The standard InChI is InChI=1S/C24H73N16P5S/c1-29(2)41(30(3)4,31(5)6)25-45(46,26-42(32(7)8,33(9)10)34(11)12,27-43(35(13)14,36(15)16)37(17)18)28-44(38(19)20,39(21)22)40(23)24/h46H,1-24H3. The molecule has 16 nitrogen and oxygen atoms in total. The Bertz CT molecular complexity index is 939. The van der Waals surface area contributed by atoms with Crippen LogP contribution in [-0.2, 0) is 0 Å². The van der Waals surface area contributed by atoms with Crippen molar-refractivity contribution < 1.29 is 0 Å². The van der Waals surface area contributed by atoms with Crippen LogP contribution in [0.4, 0.5) is 0 Å². The zero-order valence-electron chi connectivity index (χ0n) is 33.8. The van der Waals surface area contributed by atoms with Gasteiger partial charge < -0.3 is 0 Å². The summed E-state index contributed by atoms with van der Waals surface area (Å²) in [5.41, 5.74) is 0. The zero-order chi connectivity index (χ0) is 37.2. The Hall–Kier alpha value is 1.22. The van der Waals surface area contributed by atoms with Gasteiger partial charge in [0.15, 0.2) is 0 Å². The number of hydrogen-bond acceptors (Lipinski definition) is 5. The van der Waals surface area contributed by atoms with Gasteiger partial charge in [0.05, 0.1) is 0 Å². The fourth-order valence-corrected chi connectivity index (χ4v) is 36.0. The first-order chi connectivity index (χ1) is 20.4. The summed E-state index contributed by atoms with van der Waals surface area (Å²) >= 11 is 5.97. The molecule has 0 unspecified atom stereocenters. The van der Waals surface area contributed by atoms with Crippen molar-refractivity contribution in [3.8, 4) is 0 Å². The molecule has 0 rings (SSSR count). The van der Waals surface area contributed by atoms with E-state index < -0.39 is 36.4 Å². The van der Waals surface area contributed by atoms with E-state index in [2.05, 4.69) is 225 Å². The second-order valence-corrected chi connectivity index (χ2v) is 34.3. The SMILES string of the molecule is CN(C)P(=NP(S)(N=P(N(C)C)(N(C)C)N(C)C)(N=P(N(C)C)(N(C)C)N(C)C)N=P(N(C)C)(N(C)C)N(C)C)(N(C)C)N(C)C. The van der Waals surface area contributed by atoms with Crippen molar-refractivity contribution in [2.75, 3.05) is 169 Å². The van der Waals surface area contributed by atoms with Crippen molar-refractivity contribution in [2.24, 2.45) is 18.1 Å². The second kappa shape index (κ2) is 16.7.